The van der Waals surface area contributed by atoms with Crippen LogP contribution in [-0.2, 0) is 16.1 Å². The number of nitrogens with zero attached hydrogens (tertiary/aromatic N) is 1. The lowest BCUT2D eigenvalue weighted by Crippen LogP contribution is -2.50. The molecule has 0 saturated heterocycles. The molecule has 0 unspecified atom stereocenters. The predicted octanol–water partition coefficient (Wildman–Crippen LogP) is 4.17. The second kappa shape index (κ2) is 11.6. The van der Waals surface area contributed by atoms with Crippen LogP contribution in [0.3, 0.4) is 0 Å². The van der Waals surface area contributed by atoms with Gasteiger partial charge in [-0.25, -0.2) is 0 Å². The van der Waals surface area contributed by atoms with E-state index in [1.165, 1.54) is 0 Å². The minimum atomic E-state index is -0.634. The number of carbonyl (C=O) groups is 2. The first kappa shape index (κ1) is 23.7. The van der Waals surface area contributed by atoms with Crippen LogP contribution >= 0.6 is 15.9 Å². The fraction of sp³-hybridized carbons (Fsp3) is 0.391. The van der Waals surface area contributed by atoms with Crippen molar-refractivity contribution < 1.29 is 19.1 Å². The molecule has 7 heteroatoms. The fourth-order valence-corrected chi connectivity index (χ4v) is 3.23. The van der Waals surface area contributed by atoms with E-state index in [0.717, 1.165) is 16.5 Å². The van der Waals surface area contributed by atoms with Crippen LogP contribution in [0.2, 0.25) is 0 Å². The standard InChI is InChI=1S/C23H29BrN2O4/c1-5-16(2)25-23(28)17(3)26(14-18-7-6-8-19(24)13-18)22(27)15-30-21-11-9-20(29-4)10-12-21/h6-13,16-17H,5,14-15H2,1-4H3,(H,25,28)/t16-,17+/m0/s1. The van der Waals surface area contributed by atoms with Gasteiger partial charge < -0.3 is 19.7 Å². The van der Waals surface area contributed by atoms with Gasteiger partial charge in [0.15, 0.2) is 6.61 Å². The third-order valence-corrected chi connectivity index (χ3v) is 5.33. The van der Waals surface area contributed by atoms with E-state index in [4.69, 9.17) is 9.47 Å². The van der Waals surface area contributed by atoms with E-state index < -0.39 is 6.04 Å². The normalized spacial score (nSPS) is 12.6. The largest absolute Gasteiger partial charge is 0.497 e. The molecule has 30 heavy (non-hydrogen) atoms. The Bertz CT molecular complexity index is 841. The Morgan fingerprint density at radius 2 is 1.77 bits per heavy atom. The molecule has 0 aromatic heterocycles. The quantitative estimate of drug-likeness (QED) is 0.558. The zero-order valence-electron chi connectivity index (χ0n) is 17.9. The van der Waals surface area contributed by atoms with Crippen LogP contribution in [0.5, 0.6) is 11.5 Å². The molecular formula is C23H29BrN2O4. The van der Waals surface area contributed by atoms with Crippen LogP contribution in [-0.4, -0.2) is 42.5 Å². The van der Waals surface area contributed by atoms with Crippen molar-refractivity contribution in [2.24, 2.45) is 0 Å². The van der Waals surface area contributed by atoms with Crippen molar-refractivity contribution in [3.8, 4) is 11.5 Å². The smallest absolute Gasteiger partial charge is 0.261 e. The molecule has 0 aliphatic carbocycles. The van der Waals surface area contributed by atoms with Crippen molar-refractivity contribution in [3.05, 3.63) is 58.6 Å². The Balaban J connectivity index is 2.13. The second-order valence-electron chi connectivity index (χ2n) is 7.11. The average molecular weight is 477 g/mol. The van der Waals surface area contributed by atoms with Crippen molar-refractivity contribution in [2.75, 3.05) is 13.7 Å². The van der Waals surface area contributed by atoms with Crippen molar-refractivity contribution >= 4 is 27.7 Å². The number of rotatable bonds is 10. The lowest BCUT2D eigenvalue weighted by molar-refractivity contribution is -0.142. The van der Waals surface area contributed by atoms with Crippen LogP contribution in [0.1, 0.15) is 32.8 Å². The van der Waals surface area contributed by atoms with Crippen molar-refractivity contribution in [1.82, 2.24) is 10.2 Å². The predicted molar refractivity (Wildman–Crippen MR) is 121 cm³/mol. The maximum absolute atomic E-state index is 13.0. The molecule has 0 aliphatic rings. The summed E-state index contributed by atoms with van der Waals surface area (Å²) >= 11 is 3.45. The highest BCUT2D eigenvalue weighted by atomic mass is 79.9. The zero-order chi connectivity index (χ0) is 22.1. The van der Waals surface area contributed by atoms with Gasteiger partial charge in [-0.2, -0.15) is 0 Å². The number of hydrogen-bond acceptors (Lipinski definition) is 4. The summed E-state index contributed by atoms with van der Waals surface area (Å²) in [7, 11) is 1.59. The third-order valence-electron chi connectivity index (χ3n) is 4.83. The average Bonchev–Trinajstić information content (AvgIpc) is 2.75. The summed E-state index contributed by atoms with van der Waals surface area (Å²) in [5.74, 6) is 0.818. The highest BCUT2D eigenvalue weighted by Crippen LogP contribution is 2.18. The number of ether oxygens (including phenoxy) is 2. The van der Waals surface area contributed by atoms with Crippen molar-refractivity contribution in [1.29, 1.82) is 0 Å². The molecule has 2 rings (SSSR count). The molecule has 1 N–H and O–H groups in total. The van der Waals surface area contributed by atoms with E-state index >= 15 is 0 Å². The minimum absolute atomic E-state index is 0.0401. The minimum Gasteiger partial charge on any atom is -0.497 e. The van der Waals surface area contributed by atoms with Gasteiger partial charge in [-0.1, -0.05) is 35.0 Å². The molecule has 2 aromatic rings. The molecule has 2 atom stereocenters. The van der Waals surface area contributed by atoms with Gasteiger partial charge >= 0.3 is 0 Å². The monoisotopic (exact) mass is 476 g/mol. The molecular weight excluding hydrogens is 448 g/mol. The van der Waals surface area contributed by atoms with Crippen LogP contribution in [0.15, 0.2) is 53.0 Å². The first-order valence-corrected chi connectivity index (χ1v) is 10.7. The summed E-state index contributed by atoms with van der Waals surface area (Å²) < 4.78 is 11.7. The highest BCUT2D eigenvalue weighted by molar-refractivity contribution is 9.10. The SMILES string of the molecule is CC[C@H](C)NC(=O)[C@@H](C)N(Cc1cccc(Br)c1)C(=O)COc1ccc(OC)cc1. The highest BCUT2D eigenvalue weighted by Gasteiger charge is 2.27. The molecule has 162 valence electrons. The maximum atomic E-state index is 13.0. The molecule has 0 spiro atoms. The summed E-state index contributed by atoms with van der Waals surface area (Å²) in [5.41, 5.74) is 0.922. The number of halogens is 1. The van der Waals surface area contributed by atoms with Crippen LogP contribution in [0.25, 0.3) is 0 Å². The lowest BCUT2D eigenvalue weighted by Gasteiger charge is -2.29. The molecule has 0 saturated carbocycles. The number of methoxy groups -OCH3 is 1. The summed E-state index contributed by atoms with van der Waals surface area (Å²) in [6.45, 7) is 5.82. The Morgan fingerprint density at radius 1 is 1.10 bits per heavy atom. The van der Waals surface area contributed by atoms with Gasteiger partial charge in [0.2, 0.25) is 5.91 Å². The van der Waals surface area contributed by atoms with E-state index in [0.29, 0.717) is 18.0 Å². The third kappa shape index (κ3) is 7.06. The van der Waals surface area contributed by atoms with Gasteiger partial charge in [-0.05, 0) is 62.2 Å². The van der Waals surface area contributed by atoms with Crippen molar-refractivity contribution in [3.63, 3.8) is 0 Å². The molecule has 0 bridgehead atoms. The van der Waals surface area contributed by atoms with Gasteiger partial charge in [-0.15, -0.1) is 0 Å². The summed E-state index contributed by atoms with van der Waals surface area (Å²) in [5, 5.41) is 2.95. The summed E-state index contributed by atoms with van der Waals surface area (Å²) in [4.78, 5) is 27.3. The molecule has 0 radical (unpaired) electrons. The maximum Gasteiger partial charge on any atom is 0.261 e. The number of carbonyl (C=O) groups excluding carboxylic acids is 2. The van der Waals surface area contributed by atoms with Gasteiger partial charge in [-0.3, -0.25) is 9.59 Å². The number of hydrogen-bond donors (Lipinski definition) is 1. The van der Waals surface area contributed by atoms with Crippen LogP contribution < -0.4 is 14.8 Å². The molecule has 6 nitrogen and oxygen atoms in total. The van der Waals surface area contributed by atoms with Gasteiger partial charge in [0, 0.05) is 17.1 Å². The Kier molecular flexibility index (Phi) is 9.17. The van der Waals surface area contributed by atoms with E-state index in [9.17, 15) is 9.59 Å². The second-order valence-corrected chi connectivity index (χ2v) is 8.03. The zero-order valence-corrected chi connectivity index (χ0v) is 19.4. The first-order valence-electron chi connectivity index (χ1n) is 9.95. The van der Waals surface area contributed by atoms with E-state index in [1.807, 2.05) is 38.1 Å². The number of nitrogens with one attached hydrogen (secondary N) is 1. The number of benzene rings is 2. The van der Waals surface area contributed by atoms with Crippen molar-refractivity contribution in [2.45, 2.75) is 45.8 Å². The van der Waals surface area contributed by atoms with Gasteiger partial charge in [0.1, 0.15) is 17.5 Å². The van der Waals surface area contributed by atoms with Gasteiger partial charge in [0.05, 0.1) is 7.11 Å². The topological polar surface area (TPSA) is 67.9 Å². The molecule has 0 aliphatic heterocycles. The fourth-order valence-electron chi connectivity index (χ4n) is 2.78. The van der Waals surface area contributed by atoms with Crippen LogP contribution in [0.4, 0.5) is 0 Å². The lowest BCUT2D eigenvalue weighted by atomic mass is 10.1. The molecule has 2 aromatic carbocycles. The molecule has 2 amide bonds. The first-order chi connectivity index (χ1) is 14.3. The van der Waals surface area contributed by atoms with E-state index in [1.54, 1.807) is 43.2 Å². The Labute approximate surface area is 186 Å². The Morgan fingerprint density at radius 3 is 2.37 bits per heavy atom. The molecule has 0 fully saturated rings. The number of amides is 2. The van der Waals surface area contributed by atoms with E-state index in [2.05, 4.69) is 21.2 Å². The van der Waals surface area contributed by atoms with Gasteiger partial charge in [0.25, 0.3) is 5.91 Å². The summed E-state index contributed by atoms with van der Waals surface area (Å²) in [6.07, 6.45) is 0.818. The Hall–Kier alpha value is -2.54. The van der Waals surface area contributed by atoms with E-state index in [-0.39, 0.29) is 24.5 Å². The summed E-state index contributed by atoms with van der Waals surface area (Å²) in [6, 6.07) is 14.1. The van der Waals surface area contributed by atoms with Crippen LogP contribution in [0, 0.1) is 0 Å². The molecule has 0 heterocycles.